The van der Waals surface area contributed by atoms with Gasteiger partial charge >= 0.3 is 0 Å². The van der Waals surface area contributed by atoms with Crippen LogP contribution in [0.25, 0.3) is 0 Å². The summed E-state index contributed by atoms with van der Waals surface area (Å²) >= 11 is 3.37. The summed E-state index contributed by atoms with van der Waals surface area (Å²) in [5, 5.41) is 2.81. The number of aryl methyl sites for hydroxylation is 1. The molecule has 0 atom stereocenters. The van der Waals surface area contributed by atoms with E-state index in [9.17, 15) is 13.2 Å². The van der Waals surface area contributed by atoms with E-state index < -0.39 is 10.0 Å². The third-order valence-corrected chi connectivity index (χ3v) is 5.25. The van der Waals surface area contributed by atoms with Crippen LogP contribution in [0.2, 0.25) is 0 Å². The van der Waals surface area contributed by atoms with Gasteiger partial charge in [-0.3, -0.25) is 4.79 Å². The lowest BCUT2D eigenvalue weighted by molar-refractivity contribution is 0.102. The average molecular weight is 397 g/mol. The first-order valence-corrected chi connectivity index (χ1v) is 9.28. The number of amides is 1. The molecule has 0 unspecified atom stereocenters. The van der Waals surface area contributed by atoms with Gasteiger partial charge in [-0.2, -0.15) is 0 Å². The highest BCUT2D eigenvalue weighted by atomic mass is 79.9. The molecule has 2 rings (SSSR count). The molecule has 0 saturated carbocycles. The summed E-state index contributed by atoms with van der Waals surface area (Å²) in [7, 11) is -3.51. The Morgan fingerprint density at radius 3 is 2.35 bits per heavy atom. The van der Waals surface area contributed by atoms with Crippen molar-refractivity contribution >= 4 is 37.5 Å². The third kappa shape index (κ3) is 4.40. The number of carbonyl (C=O) groups is 1. The highest BCUT2D eigenvalue weighted by molar-refractivity contribution is 9.10. The van der Waals surface area contributed by atoms with Crippen molar-refractivity contribution in [2.75, 3.05) is 11.9 Å². The summed E-state index contributed by atoms with van der Waals surface area (Å²) in [5.41, 5.74) is 2.03. The lowest BCUT2D eigenvalue weighted by Crippen LogP contribution is -2.23. The van der Waals surface area contributed by atoms with Crippen molar-refractivity contribution in [3.05, 3.63) is 58.1 Å². The van der Waals surface area contributed by atoms with Gasteiger partial charge in [-0.25, -0.2) is 13.1 Å². The van der Waals surface area contributed by atoms with E-state index in [1.54, 1.807) is 13.0 Å². The molecule has 7 heteroatoms. The largest absolute Gasteiger partial charge is 0.322 e. The van der Waals surface area contributed by atoms with Gasteiger partial charge in [-0.1, -0.05) is 22.9 Å². The topological polar surface area (TPSA) is 75.3 Å². The van der Waals surface area contributed by atoms with Crippen LogP contribution in [0.15, 0.2) is 51.8 Å². The van der Waals surface area contributed by atoms with Gasteiger partial charge in [0.1, 0.15) is 0 Å². The summed E-state index contributed by atoms with van der Waals surface area (Å²) in [6.45, 7) is 3.92. The molecule has 2 aromatic carbocycles. The summed E-state index contributed by atoms with van der Waals surface area (Å²) < 4.78 is 27.1. The van der Waals surface area contributed by atoms with E-state index in [2.05, 4.69) is 26.0 Å². The van der Waals surface area contributed by atoms with E-state index in [4.69, 9.17) is 0 Å². The molecule has 0 heterocycles. The second kappa shape index (κ2) is 7.25. The molecule has 0 saturated heterocycles. The number of anilines is 1. The zero-order valence-electron chi connectivity index (χ0n) is 12.8. The Morgan fingerprint density at radius 2 is 1.78 bits per heavy atom. The van der Waals surface area contributed by atoms with E-state index in [1.807, 2.05) is 19.1 Å². The van der Waals surface area contributed by atoms with Crippen LogP contribution in [-0.2, 0) is 10.0 Å². The van der Waals surface area contributed by atoms with Crippen LogP contribution in [0, 0.1) is 6.92 Å². The summed E-state index contributed by atoms with van der Waals surface area (Å²) in [5.74, 6) is -0.289. The average Bonchev–Trinajstić information content (AvgIpc) is 2.50. The Bertz CT molecular complexity index is 818. The fraction of sp³-hybridized carbons (Fsp3) is 0.188. The van der Waals surface area contributed by atoms with E-state index in [-0.39, 0.29) is 10.8 Å². The van der Waals surface area contributed by atoms with Crippen LogP contribution in [-0.4, -0.2) is 20.9 Å². The first-order valence-electron chi connectivity index (χ1n) is 7.00. The van der Waals surface area contributed by atoms with Crippen LogP contribution in [0.5, 0.6) is 0 Å². The minimum Gasteiger partial charge on any atom is -0.322 e. The van der Waals surface area contributed by atoms with Crippen molar-refractivity contribution in [3.63, 3.8) is 0 Å². The Balaban J connectivity index is 2.17. The number of nitrogens with one attached hydrogen (secondary N) is 2. The lowest BCUT2D eigenvalue weighted by Gasteiger charge is -2.09. The van der Waals surface area contributed by atoms with E-state index in [1.165, 1.54) is 24.3 Å². The molecule has 0 radical (unpaired) electrons. The molecule has 2 N–H and O–H groups in total. The van der Waals surface area contributed by atoms with Gasteiger partial charge in [-0.15, -0.1) is 0 Å². The van der Waals surface area contributed by atoms with Crippen molar-refractivity contribution < 1.29 is 13.2 Å². The fourth-order valence-electron chi connectivity index (χ4n) is 2.02. The molecule has 0 fully saturated rings. The standard InChI is InChI=1S/C16H17BrN2O3S/c1-3-18-23(21,22)14-7-4-12(5-8-14)16(20)19-15-9-6-13(17)10-11(15)2/h4-10,18H,3H2,1-2H3,(H,19,20). The second-order valence-electron chi connectivity index (χ2n) is 4.94. The van der Waals surface area contributed by atoms with E-state index in [0.717, 1.165) is 10.0 Å². The van der Waals surface area contributed by atoms with Gasteiger partial charge in [0.2, 0.25) is 10.0 Å². The number of benzene rings is 2. The fourth-order valence-corrected chi connectivity index (χ4v) is 3.54. The minimum atomic E-state index is -3.51. The predicted octanol–water partition coefficient (Wildman–Crippen LogP) is 3.31. The van der Waals surface area contributed by atoms with Gasteiger partial charge in [-0.05, 0) is 55.0 Å². The highest BCUT2D eigenvalue weighted by Crippen LogP contribution is 2.21. The normalized spacial score (nSPS) is 11.3. The molecule has 0 aliphatic carbocycles. The third-order valence-electron chi connectivity index (χ3n) is 3.20. The number of halogens is 1. The molecule has 0 aromatic heterocycles. The number of carbonyl (C=O) groups excluding carboxylic acids is 1. The molecule has 23 heavy (non-hydrogen) atoms. The zero-order chi connectivity index (χ0) is 17.0. The Labute approximate surface area is 144 Å². The number of rotatable bonds is 5. The summed E-state index contributed by atoms with van der Waals surface area (Å²) in [6.07, 6.45) is 0. The molecule has 0 aliphatic heterocycles. The Morgan fingerprint density at radius 1 is 1.13 bits per heavy atom. The van der Waals surface area contributed by atoms with Crippen LogP contribution < -0.4 is 10.0 Å². The number of sulfonamides is 1. The molecular formula is C16H17BrN2O3S. The predicted molar refractivity (Wildman–Crippen MR) is 94.1 cm³/mol. The lowest BCUT2D eigenvalue weighted by atomic mass is 10.1. The molecule has 0 aliphatic rings. The molecule has 122 valence electrons. The summed E-state index contributed by atoms with van der Waals surface area (Å²) in [4.78, 5) is 12.4. The van der Waals surface area contributed by atoms with Crippen LogP contribution in [0.4, 0.5) is 5.69 Å². The maximum atomic E-state index is 12.3. The van der Waals surface area contributed by atoms with Gasteiger partial charge in [0, 0.05) is 22.3 Å². The van der Waals surface area contributed by atoms with E-state index in [0.29, 0.717) is 17.8 Å². The quantitative estimate of drug-likeness (QED) is 0.813. The van der Waals surface area contributed by atoms with Crippen molar-refractivity contribution in [3.8, 4) is 0 Å². The van der Waals surface area contributed by atoms with Crippen molar-refractivity contribution in [1.29, 1.82) is 0 Å². The summed E-state index contributed by atoms with van der Waals surface area (Å²) in [6, 6.07) is 11.4. The van der Waals surface area contributed by atoms with E-state index >= 15 is 0 Å². The SMILES string of the molecule is CCNS(=O)(=O)c1ccc(C(=O)Nc2ccc(Br)cc2C)cc1. The van der Waals surface area contributed by atoms with Crippen LogP contribution in [0.3, 0.4) is 0 Å². The maximum absolute atomic E-state index is 12.3. The Kier molecular flexibility index (Phi) is 5.56. The molecule has 0 spiro atoms. The number of hydrogen-bond donors (Lipinski definition) is 2. The molecule has 1 amide bonds. The number of hydrogen-bond acceptors (Lipinski definition) is 3. The van der Waals surface area contributed by atoms with Crippen molar-refractivity contribution in [1.82, 2.24) is 4.72 Å². The van der Waals surface area contributed by atoms with Gasteiger partial charge < -0.3 is 5.32 Å². The first-order chi connectivity index (χ1) is 10.8. The first kappa shape index (κ1) is 17.7. The van der Waals surface area contributed by atoms with Gasteiger partial charge in [0.25, 0.3) is 5.91 Å². The van der Waals surface area contributed by atoms with Crippen molar-refractivity contribution in [2.24, 2.45) is 0 Å². The second-order valence-corrected chi connectivity index (χ2v) is 7.62. The molecule has 2 aromatic rings. The van der Waals surface area contributed by atoms with Gasteiger partial charge in [0.05, 0.1) is 4.90 Å². The van der Waals surface area contributed by atoms with Crippen molar-refractivity contribution in [2.45, 2.75) is 18.7 Å². The highest BCUT2D eigenvalue weighted by Gasteiger charge is 2.14. The monoisotopic (exact) mass is 396 g/mol. The smallest absolute Gasteiger partial charge is 0.255 e. The van der Waals surface area contributed by atoms with Crippen LogP contribution >= 0.6 is 15.9 Å². The zero-order valence-corrected chi connectivity index (χ0v) is 15.2. The van der Waals surface area contributed by atoms with Crippen LogP contribution in [0.1, 0.15) is 22.8 Å². The Hall–Kier alpha value is -1.70. The molecular weight excluding hydrogens is 380 g/mol. The minimum absolute atomic E-state index is 0.135. The molecule has 5 nitrogen and oxygen atoms in total. The maximum Gasteiger partial charge on any atom is 0.255 e. The molecule has 0 bridgehead atoms. The van der Waals surface area contributed by atoms with Gasteiger partial charge in [0.15, 0.2) is 0 Å².